The molecule has 72 valence electrons. The molecule has 0 atom stereocenters. The normalized spacial score (nSPS) is 10.3. The maximum Gasteiger partial charge on any atom is 0.147 e. The van der Waals surface area contributed by atoms with Gasteiger partial charge in [0.05, 0.1) is 10.2 Å². The quantitative estimate of drug-likeness (QED) is 0.616. The lowest BCUT2D eigenvalue weighted by molar-refractivity contribution is 1.05. The first-order chi connectivity index (χ1) is 6.92. The molecule has 3 nitrogen and oxygen atoms in total. The van der Waals surface area contributed by atoms with E-state index in [0.29, 0.717) is 0 Å². The van der Waals surface area contributed by atoms with Crippen molar-refractivity contribution in [3.05, 3.63) is 30.4 Å². The zero-order valence-corrected chi connectivity index (χ0v) is 8.55. The van der Waals surface area contributed by atoms with Gasteiger partial charge in [0.15, 0.2) is 0 Å². The zero-order chi connectivity index (χ0) is 9.80. The Bertz CT molecular complexity index is 436. The van der Waals surface area contributed by atoms with E-state index in [1.54, 1.807) is 17.7 Å². The van der Waals surface area contributed by atoms with Crippen LogP contribution in [0.25, 0.3) is 10.2 Å². The van der Waals surface area contributed by atoms with E-state index in [9.17, 15) is 0 Å². The van der Waals surface area contributed by atoms with Gasteiger partial charge in [-0.3, -0.25) is 0 Å². The van der Waals surface area contributed by atoms with Gasteiger partial charge in [-0.15, -0.1) is 17.9 Å². The predicted molar refractivity (Wildman–Crippen MR) is 60.7 cm³/mol. The van der Waals surface area contributed by atoms with Crippen LogP contribution in [-0.4, -0.2) is 16.5 Å². The van der Waals surface area contributed by atoms with Crippen molar-refractivity contribution in [3.63, 3.8) is 0 Å². The van der Waals surface area contributed by atoms with Crippen molar-refractivity contribution in [1.82, 2.24) is 9.97 Å². The SMILES string of the molecule is C=CCCNc1ncnc2ccsc12. The Kier molecular flexibility index (Phi) is 2.74. The molecule has 0 radical (unpaired) electrons. The van der Waals surface area contributed by atoms with Crippen molar-refractivity contribution >= 4 is 27.4 Å². The molecule has 2 aromatic heterocycles. The molecule has 2 aromatic rings. The van der Waals surface area contributed by atoms with E-state index in [0.717, 1.165) is 29.0 Å². The van der Waals surface area contributed by atoms with Gasteiger partial charge < -0.3 is 5.32 Å². The average Bonchev–Trinajstić information content (AvgIpc) is 2.67. The Balaban J connectivity index is 2.23. The molecule has 4 heteroatoms. The zero-order valence-electron chi connectivity index (χ0n) is 7.73. The number of fused-ring (bicyclic) bond motifs is 1. The Morgan fingerprint density at radius 1 is 1.50 bits per heavy atom. The monoisotopic (exact) mass is 205 g/mol. The molecule has 0 amide bonds. The third kappa shape index (κ3) is 1.75. The van der Waals surface area contributed by atoms with E-state index in [2.05, 4.69) is 21.9 Å². The molecule has 0 saturated heterocycles. The van der Waals surface area contributed by atoms with Crippen molar-refractivity contribution < 1.29 is 0 Å². The first-order valence-electron chi connectivity index (χ1n) is 4.45. The maximum atomic E-state index is 4.20. The molecule has 0 aromatic carbocycles. The van der Waals surface area contributed by atoms with Crippen LogP contribution in [0, 0.1) is 0 Å². The highest BCUT2D eigenvalue weighted by Crippen LogP contribution is 2.24. The van der Waals surface area contributed by atoms with Crippen LogP contribution < -0.4 is 5.32 Å². The van der Waals surface area contributed by atoms with E-state index in [-0.39, 0.29) is 0 Å². The molecule has 0 fully saturated rings. The van der Waals surface area contributed by atoms with Crippen LogP contribution in [0.15, 0.2) is 30.4 Å². The fraction of sp³-hybridized carbons (Fsp3) is 0.200. The Morgan fingerprint density at radius 3 is 3.29 bits per heavy atom. The molecule has 2 rings (SSSR count). The molecule has 14 heavy (non-hydrogen) atoms. The fourth-order valence-electron chi connectivity index (χ4n) is 1.21. The van der Waals surface area contributed by atoms with Crippen LogP contribution in [0.5, 0.6) is 0 Å². The Morgan fingerprint density at radius 2 is 2.43 bits per heavy atom. The number of rotatable bonds is 4. The number of anilines is 1. The van der Waals surface area contributed by atoms with Gasteiger partial charge in [0, 0.05) is 6.54 Å². The molecule has 0 bridgehead atoms. The largest absolute Gasteiger partial charge is 0.368 e. The van der Waals surface area contributed by atoms with E-state index in [4.69, 9.17) is 0 Å². The number of nitrogens with zero attached hydrogens (tertiary/aromatic N) is 2. The van der Waals surface area contributed by atoms with Gasteiger partial charge in [-0.2, -0.15) is 0 Å². The molecule has 0 aliphatic carbocycles. The summed E-state index contributed by atoms with van der Waals surface area (Å²) in [6, 6.07) is 2.00. The summed E-state index contributed by atoms with van der Waals surface area (Å²) in [5, 5.41) is 5.29. The minimum absolute atomic E-state index is 0.869. The van der Waals surface area contributed by atoms with Gasteiger partial charge in [0.25, 0.3) is 0 Å². The molecule has 2 heterocycles. The molecule has 0 aliphatic rings. The fourth-order valence-corrected chi connectivity index (χ4v) is 2.02. The van der Waals surface area contributed by atoms with Gasteiger partial charge in [-0.25, -0.2) is 9.97 Å². The van der Waals surface area contributed by atoms with Gasteiger partial charge in [-0.1, -0.05) is 6.08 Å². The Labute approximate surface area is 86.5 Å². The summed E-state index contributed by atoms with van der Waals surface area (Å²) in [7, 11) is 0. The highest BCUT2D eigenvalue weighted by Gasteiger charge is 2.02. The van der Waals surface area contributed by atoms with Crippen LogP contribution in [0.3, 0.4) is 0 Å². The summed E-state index contributed by atoms with van der Waals surface area (Å²) in [6.07, 6.45) is 4.42. The van der Waals surface area contributed by atoms with Crippen molar-refractivity contribution in [2.75, 3.05) is 11.9 Å². The Hall–Kier alpha value is -1.42. The first-order valence-corrected chi connectivity index (χ1v) is 5.33. The van der Waals surface area contributed by atoms with Crippen LogP contribution in [0.4, 0.5) is 5.82 Å². The molecule has 0 saturated carbocycles. The summed E-state index contributed by atoms with van der Waals surface area (Å²) in [5.74, 6) is 0.923. The van der Waals surface area contributed by atoms with Crippen molar-refractivity contribution in [2.24, 2.45) is 0 Å². The summed E-state index contributed by atoms with van der Waals surface area (Å²) in [6.45, 7) is 4.54. The average molecular weight is 205 g/mol. The van der Waals surface area contributed by atoms with Crippen molar-refractivity contribution in [2.45, 2.75) is 6.42 Å². The van der Waals surface area contributed by atoms with E-state index in [1.165, 1.54) is 0 Å². The predicted octanol–water partition coefficient (Wildman–Crippen LogP) is 2.68. The second-order valence-electron chi connectivity index (χ2n) is 2.86. The standard InChI is InChI=1S/C10H11N3S/c1-2-3-5-11-10-9-8(4-6-14-9)12-7-13-10/h2,4,6-7H,1,3,5H2,(H,11,12,13). The number of nitrogens with one attached hydrogen (secondary N) is 1. The van der Waals surface area contributed by atoms with Crippen LogP contribution >= 0.6 is 11.3 Å². The van der Waals surface area contributed by atoms with Crippen molar-refractivity contribution in [3.8, 4) is 0 Å². The smallest absolute Gasteiger partial charge is 0.147 e. The minimum Gasteiger partial charge on any atom is -0.368 e. The van der Waals surface area contributed by atoms with E-state index >= 15 is 0 Å². The van der Waals surface area contributed by atoms with Gasteiger partial charge in [0.1, 0.15) is 12.1 Å². The third-order valence-corrected chi connectivity index (χ3v) is 2.79. The molecule has 0 unspecified atom stereocenters. The number of aromatic nitrogens is 2. The lowest BCUT2D eigenvalue weighted by Crippen LogP contribution is -2.02. The second-order valence-corrected chi connectivity index (χ2v) is 3.78. The lowest BCUT2D eigenvalue weighted by Gasteiger charge is -2.03. The van der Waals surface area contributed by atoms with Crippen LogP contribution in [0.2, 0.25) is 0 Å². The van der Waals surface area contributed by atoms with Crippen molar-refractivity contribution in [1.29, 1.82) is 0 Å². The van der Waals surface area contributed by atoms with Gasteiger partial charge >= 0.3 is 0 Å². The third-order valence-electron chi connectivity index (χ3n) is 1.88. The summed E-state index contributed by atoms with van der Waals surface area (Å²) in [5.41, 5.74) is 1.01. The molecular weight excluding hydrogens is 194 g/mol. The number of hydrogen-bond donors (Lipinski definition) is 1. The van der Waals surface area contributed by atoms with E-state index in [1.807, 2.05) is 17.5 Å². The van der Waals surface area contributed by atoms with Gasteiger partial charge in [0.2, 0.25) is 0 Å². The lowest BCUT2D eigenvalue weighted by atomic mass is 10.4. The number of thiophene rings is 1. The van der Waals surface area contributed by atoms with Gasteiger partial charge in [-0.05, 0) is 17.9 Å². The summed E-state index contributed by atoms with van der Waals surface area (Å²) >= 11 is 1.66. The highest BCUT2D eigenvalue weighted by atomic mass is 32.1. The highest BCUT2D eigenvalue weighted by molar-refractivity contribution is 7.17. The molecule has 1 N–H and O–H groups in total. The topological polar surface area (TPSA) is 37.8 Å². The molecule has 0 aliphatic heterocycles. The summed E-state index contributed by atoms with van der Waals surface area (Å²) < 4.78 is 1.12. The van der Waals surface area contributed by atoms with Crippen LogP contribution in [-0.2, 0) is 0 Å². The van der Waals surface area contributed by atoms with Crippen LogP contribution in [0.1, 0.15) is 6.42 Å². The maximum absolute atomic E-state index is 4.20. The molecule has 0 spiro atoms. The first kappa shape index (κ1) is 9.15. The number of hydrogen-bond acceptors (Lipinski definition) is 4. The summed E-state index contributed by atoms with van der Waals surface area (Å²) in [4.78, 5) is 8.37. The second kappa shape index (κ2) is 4.19. The van der Waals surface area contributed by atoms with E-state index < -0.39 is 0 Å². The molecular formula is C10H11N3S. The minimum atomic E-state index is 0.869.